The van der Waals surface area contributed by atoms with Crippen LogP contribution < -0.4 is 4.74 Å². The number of esters is 1. The number of halogens is 1. The third kappa shape index (κ3) is 5.54. The number of carbonyl (C=O) groups is 1. The van der Waals surface area contributed by atoms with E-state index in [1.807, 2.05) is 18.9 Å². The maximum Gasteiger partial charge on any atom is 0.337 e. The lowest BCUT2D eigenvalue weighted by Gasteiger charge is -2.27. The quantitative estimate of drug-likeness (QED) is 0.733. The molecule has 140 valence electrons. The Hall–Kier alpha value is -2.44. The van der Waals surface area contributed by atoms with Gasteiger partial charge in [0.25, 0.3) is 0 Å². The Kier molecular flexibility index (Phi) is 7.12. The third-order valence-corrected chi connectivity index (χ3v) is 4.23. The van der Waals surface area contributed by atoms with E-state index in [1.165, 1.54) is 19.2 Å². The number of benzene rings is 2. The highest BCUT2D eigenvalue weighted by molar-refractivity contribution is 5.89. The molecule has 0 bridgehead atoms. The van der Waals surface area contributed by atoms with Crippen molar-refractivity contribution in [2.24, 2.45) is 0 Å². The molecule has 0 saturated heterocycles. The Balaban J connectivity index is 1.83. The van der Waals surface area contributed by atoms with Crippen LogP contribution in [0.2, 0.25) is 0 Å². The molecule has 0 aliphatic heterocycles. The highest BCUT2D eigenvalue weighted by Crippen LogP contribution is 2.19. The monoisotopic (exact) mass is 361 g/mol. The van der Waals surface area contributed by atoms with Gasteiger partial charge in [-0.1, -0.05) is 12.1 Å². The number of methoxy groups -OCH3 is 1. The second-order valence-corrected chi connectivity index (χ2v) is 6.15. The molecule has 0 heterocycles. The molecule has 0 aliphatic carbocycles. The van der Waals surface area contributed by atoms with Crippen LogP contribution in [0, 0.1) is 5.82 Å². The molecule has 2 atom stereocenters. The molecule has 0 aliphatic rings. The molecule has 0 aromatic heterocycles. The average molecular weight is 361 g/mol. The number of ether oxygens (including phenoxy) is 2. The van der Waals surface area contributed by atoms with Gasteiger partial charge in [0.2, 0.25) is 0 Å². The van der Waals surface area contributed by atoms with Crippen molar-refractivity contribution >= 4 is 5.97 Å². The van der Waals surface area contributed by atoms with Crippen molar-refractivity contribution in [3.63, 3.8) is 0 Å². The number of aliphatic hydroxyl groups excluding tert-OH is 1. The molecule has 0 unspecified atom stereocenters. The molecule has 26 heavy (non-hydrogen) atoms. The lowest BCUT2D eigenvalue weighted by molar-refractivity contribution is 0.0598. The van der Waals surface area contributed by atoms with Gasteiger partial charge in [0.1, 0.15) is 24.3 Å². The van der Waals surface area contributed by atoms with Gasteiger partial charge in [-0.2, -0.15) is 0 Å². The minimum absolute atomic E-state index is 0.0320. The van der Waals surface area contributed by atoms with Gasteiger partial charge in [-0.25, -0.2) is 9.18 Å². The number of aliphatic hydroxyl groups is 1. The normalized spacial score (nSPS) is 13.3. The van der Waals surface area contributed by atoms with Crippen LogP contribution in [0.5, 0.6) is 5.75 Å². The standard InChI is InChI=1S/C20H24FNO4/c1-14(15-4-8-17(21)9-5-15)22(2)12-18(23)13-26-19-10-6-16(7-11-19)20(24)25-3/h4-11,14,18,23H,12-13H2,1-3H3/t14-,18-/m1/s1. The summed E-state index contributed by atoms with van der Waals surface area (Å²) >= 11 is 0. The smallest absolute Gasteiger partial charge is 0.337 e. The lowest BCUT2D eigenvalue weighted by atomic mass is 10.1. The highest BCUT2D eigenvalue weighted by Gasteiger charge is 2.16. The van der Waals surface area contributed by atoms with Crippen LogP contribution in [-0.4, -0.2) is 49.4 Å². The topological polar surface area (TPSA) is 59.0 Å². The van der Waals surface area contributed by atoms with E-state index in [0.717, 1.165) is 5.56 Å². The third-order valence-electron chi connectivity index (χ3n) is 4.23. The van der Waals surface area contributed by atoms with Gasteiger partial charge in [-0.15, -0.1) is 0 Å². The molecule has 0 amide bonds. The Bertz CT molecular complexity index is 703. The lowest BCUT2D eigenvalue weighted by Crippen LogP contribution is -2.34. The second kappa shape index (κ2) is 9.31. The molecule has 5 nitrogen and oxygen atoms in total. The van der Waals surface area contributed by atoms with Crippen LogP contribution in [0.3, 0.4) is 0 Å². The maximum atomic E-state index is 13.0. The molecule has 2 aromatic carbocycles. The molecule has 2 aromatic rings. The van der Waals surface area contributed by atoms with Crippen molar-refractivity contribution < 1.29 is 23.8 Å². The molecule has 1 N–H and O–H groups in total. The van der Waals surface area contributed by atoms with Crippen LogP contribution in [0.4, 0.5) is 4.39 Å². The van der Waals surface area contributed by atoms with Gasteiger partial charge in [0, 0.05) is 12.6 Å². The average Bonchev–Trinajstić information content (AvgIpc) is 2.66. The zero-order valence-corrected chi connectivity index (χ0v) is 15.2. The van der Waals surface area contributed by atoms with Crippen LogP contribution in [-0.2, 0) is 4.74 Å². The van der Waals surface area contributed by atoms with Gasteiger partial charge >= 0.3 is 5.97 Å². The summed E-state index contributed by atoms with van der Waals surface area (Å²) in [5.74, 6) is -0.116. The van der Waals surface area contributed by atoms with E-state index in [0.29, 0.717) is 17.9 Å². The summed E-state index contributed by atoms with van der Waals surface area (Å²) < 4.78 is 23.2. The Morgan fingerprint density at radius 3 is 2.35 bits per heavy atom. The van der Waals surface area contributed by atoms with Crippen molar-refractivity contribution in [2.75, 3.05) is 27.3 Å². The van der Waals surface area contributed by atoms with Crippen LogP contribution in [0.25, 0.3) is 0 Å². The van der Waals surface area contributed by atoms with Crippen molar-refractivity contribution in [3.8, 4) is 5.75 Å². The van der Waals surface area contributed by atoms with Crippen molar-refractivity contribution in [3.05, 3.63) is 65.5 Å². The maximum absolute atomic E-state index is 13.0. The summed E-state index contributed by atoms with van der Waals surface area (Å²) in [7, 11) is 3.22. The van der Waals surface area contributed by atoms with Crippen molar-refractivity contribution in [1.29, 1.82) is 0 Å². The Morgan fingerprint density at radius 1 is 1.15 bits per heavy atom. The van der Waals surface area contributed by atoms with Crippen molar-refractivity contribution in [2.45, 2.75) is 19.1 Å². The summed E-state index contributed by atoms with van der Waals surface area (Å²) in [4.78, 5) is 13.4. The Morgan fingerprint density at radius 2 is 1.77 bits per heavy atom. The zero-order valence-electron chi connectivity index (χ0n) is 15.2. The largest absolute Gasteiger partial charge is 0.491 e. The number of carbonyl (C=O) groups excluding carboxylic acids is 1. The molecular formula is C20H24FNO4. The number of rotatable bonds is 8. The van der Waals surface area contributed by atoms with E-state index < -0.39 is 12.1 Å². The second-order valence-electron chi connectivity index (χ2n) is 6.15. The van der Waals surface area contributed by atoms with E-state index in [4.69, 9.17) is 4.74 Å². The molecule has 6 heteroatoms. The summed E-state index contributed by atoms with van der Waals surface area (Å²) in [6.07, 6.45) is -0.691. The highest BCUT2D eigenvalue weighted by atomic mass is 19.1. The fourth-order valence-electron chi connectivity index (χ4n) is 2.54. The summed E-state index contributed by atoms with van der Waals surface area (Å²) in [6, 6.07) is 12.9. The van der Waals surface area contributed by atoms with Gasteiger partial charge in [-0.3, -0.25) is 4.90 Å². The molecule has 0 saturated carbocycles. The van der Waals surface area contributed by atoms with Gasteiger partial charge in [0.15, 0.2) is 0 Å². The fraction of sp³-hybridized carbons (Fsp3) is 0.350. The SMILES string of the molecule is COC(=O)c1ccc(OC[C@H](O)CN(C)[C@H](C)c2ccc(F)cc2)cc1. The van der Waals surface area contributed by atoms with Crippen LogP contribution in [0.1, 0.15) is 28.9 Å². The minimum Gasteiger partial charge on any atom is -0.491 e. The molecule has 2 rings (SSSR count). The first kappa shape index (κ1) is 19.9. The predicted octanol–water partition coefficient (Wildman–Crippen LogP) is 3.05. The van der Waals surface area contributed by atoms with E-state index in [-0.39, 0.29) is 18.5 Å². The van der Waals surface area contributed by atoms with Gasteiger partial charge in [0.05, 0.1) is 12.7 Å². The van der Waals surface area contributed by atoms with Crippen LogP contribution >= 0.6 is 0 Å². The summed E-state index contributed by atoms with van der Waals surface area (Å²) in [5.41, 5.74) is 1.41. The summed E-state index contributed by atoms with van der Waals surface area (Å²) in [6.45, 7) is 2.52. The number of hydrogen-bond donors (Lipinski definition) is 1. The van der Waals surface area contributed by atoms with Gasteiger partial charge in [-0.05, 0) is 55.9 Å². The van der Waals surface area contributed by atoms with E-state index in [2.05, 4.69) is 4.74 Å². The van der Waals surface area contributed by atoms with Crippen molar-refractivity contribution in [1.82, 2.24) is 4.90 Å². The molecule has 0 fully saturated rings. The number of likely N-dealkylation sites (N-methyl/N-ethyl adjacent to an activating group) is 1. The first-order valence-electron chi connectivity index (χ1n) is 8.35. The Labute approximate surface area is 153 Å². The van der Waals surface area contributed by atoms with Crippen LogP contribution in [0.15, 0.2) is 48.5 Å². The van der Waals surface area contributed by atoms with Gasteiger partial charge < -0.3 is 14.6 Å². The van der Waals surface area contributed by atoms with E-state index in [9.17, 15) is 14.3 Å². The first-order valence-corrected chi connectivity index (χ1v) is 8.35. The number of nitrogens with zero attached hydrogens (tertiary/aromatic N) is 1. The molecule has 0 spiro atoms. The van der Waals surface area contributed by atoms with E-state index in [1.54, 1.807) is 36.4 Å². The predicted molar refractivity (Wildman–Crippen MR) is 96.7 cm³/mol. The molecule has 0 radical (unpaired) electrons. The minimum atomic E-state index is -0.691. The zero-order chi connectivity index (χ0) is 19.1. The molecular weight excluding hydrogens is 337 g/mol. The van der Waals surface area contributed by atoms with E-state index >= 15 is 0 Å². The number of hydrogen-bond acceptors (Lipinski definition) is 5. The first-order chi connectivity index (χ1) is 12.4. The summed E-state index contributed by atoms with van der Waals surface area (Å²) in [5, 5.41) is 10.2. The fourth-order valence-corrected chi connectivity index (χ4v) is 2.54.